The molecule has 1 atom stereocenters. The topological polar surface area (TPSA) is 68.8 Å². The smallest absolute Gasteiger partial charge is 0.262 e. The number of halogens is 1. The first kappa shape index (κ1) is 25.1. The van der Waals surface area contributed by atoms with E-state index in [1.165, 1.54) is 24.2 Å². The number of aromatic nitrogens is 1. The Balaban J connectivity index is 1.33. The molecule has 0 spiro atoms. The third kappa shape index (κ3) is 5.13. The van der Waals surface area contributed by atoms with Crippen molar-refractivity contribution >= 4 is 44.8 Å². The number of carbonyl (C=O) groups excluding carboxylic acids is 2. The first-order chi connectivity index (χ1) is 17.3. The summed E-state index contributed by atoms with van der Waals surface area (Å²) in [7, 11) is 2.18. The number of thiophene rings is 1. The summed E-state index contributed by atoms with van der Waals surface area (Å²) in [5.74, 6) is -0.362. The molecule has 2 amide bonds. The standard InChI is InChI=1S/C27H32ClN5O2S/c1-27(20-5-9-29-10-6-20,30-25(34)24-17-19-3-4-21(28)18-23(19)36-24)26(35)33-15-13-32(14-16-33)22-7-11-31(2)12-8-22/h3-6,9-10,17-18,22H,7-8,11-16H2,1-2H3,(H,30,34)/t27-/m0/s1. The highest BCUT2D eigenvalue weighted by molar-refractivity contribution is 7.20. The quantitative estimate of drug-likeness (QED) is 0.548. The minimum atomic E-state index is -1.20. The van der Waals surface area contributed by atoms with Gasteiger partial charge in [-0.05, 0) is 81.2 Å². The molecule has 9 heteroatoms. The Morgan fingerprint density at radius 1 is 1.03 bits per heavy atom. The van der Waals surface area contributed by atoms with Gasteiger partial charge in [-0.2, -0.15) is 0 Å². The molecule has 1 aromatic carbocycles. The molecule has 5 rings (SSSR count). The number of nitrogens with zero attached hydrogens (tertiary/aromatic N) is 4. The molecule has 0 bridgehead atoms. The van der Waals surface area contributed by atoms with Gasteiger partial charge >= 0.3 is 0 Å². The van der Waals surface area contributed by atoms with Gasteiger partial charge in [0.2, 0.25) is 0 Å². The predicted molar refractivity (Wildman–Crippen MR) is 145 cm³/mol. The van der Waals surface area contributed by atoms with E-state index in [0.717, 1.165) is 41.8 Å². The zero-order chi connectivity index (χ0) is 25.3. The van der Waals surface area contributed by atoms with Gasteiger partial charge in [-0.3, -0.25) is 19.5 Å². The Morgan fingerprint density at radius 3 is 2.42 bits per heavy atom. The van der Waals surface area contributed by atoms with Gasteiger partial charge in [0.05, 0.1) is 4.88 Å². The van der Waals surface area contributed by atoms with E-state index in [4.69, 9.17) is 11.6 Å². The molecule has 190 valence electrons. The Kier molecular flexibility index (Phi) is 7.30. The maximum absolute atomic E-state index is 14.0. The second-order valence-corrected chi connectivity index (χ2v) is 11.5. The average Bonchev–Trinajstić information content (AvgIpc) is 3.33. The van der Waals surface area contributed by atoms with Gasteiger partial charge in [0.25, 0.3) is 11.8 Å². The molecule has 0 aliphatic carbocycles. The van der Waals surface area contributed by atoms with Crippen molar-refractivity contribution < 1.29 is 9.59 Å². The van der Waals surface area contributed by atoms with Crippen LogP contribution in [0.3, 0.4) is 0 Å². The fraction of sp³-hybridized carbons (Fsp3) is 0.444. The summed E-state index contributed by atoms with van der Waals surface area (Å²) in [5.41, 5.74) is -0.485. The number of piperazine rings is 1. The highest BCUT2D eigenvalue weighted by Gasteiger charge is 2.41. The average molecular weight is 526 g/mol. The van der Waals surface area contributed by atoms with Crippen LogP contribution in [0.25, 0.3) is 10.1 Å². The van der Waals surface area contributed by atoms with E-state index >= 15 is 0 Å². The van der Waals surface area contributed by atoms with Crippen molar-refractivity contribution in [3.05, 3.63) is 64.3 Å². The van der Waals surface area contributed by atoms with Crippen LogP contribution in [0, 0.1) is 0 Å². The number of piperidine rings is 1. The maximum atomic E-state index is 14.0. The Labute approximate surface area is 221 Å². The van der Waals surface area contributed by atoms with Gasteiger partial charge in [0.1, 0.15) is 5.54 Å². The summed E-state index contributed by atoms with van der Waals surface area (Å²) >= 11 is 7.51. The van der Waals surface area contributed by atoms with Crippen molar-refractivity contribution in [1.82, 2.24) is 25.0 Å². The first-order valence-corrected chi connectivity index (χ1v) is 13.7. The van der Waals surface area contributed by atoms with Crippen LogP contribution in [0.5, 0.6) is 0 Å². The number of pyridine rings is 1. The number of rotatable bonds is 5. The molecule has 3 aromatic rings. The lowest BCUT2D eigenvalue weighted by Crippen LogP contribution is -2.60. The monoisotopic (exact) mass is 525 g/mol. The summed E-state index contributed by atoms with van der Waals surface area (Å²) in [6.07, 6.45) is 5.67. The molecule has 7 nitrogen and oxygen atoms in total. The normalized spacial score (nSPS) is 19.8. The summed E-state index contributed by atoms with van der Waals surface area (Å²) in [5, 5.41) is 4.67. The van der Waals surface area contributed by atoms with Crippen molar-refractivity contribution in [3.8, 4) is 0 Å². The Hall–Kier alpha value is -2.52. The number of likely N-dealkylation sites (tertiary alicyclic amines) is 1. The van der Waals surface area contributed by atoms with E-state index in [0.29, 0.717) is 29.0 Å². The van der Waals surface area contributed by atoms with Gasteiger partial charge in [-0.25, -0.2) is 0 Å². The van der Waals surface area contributed by atoms with Crippen LogP contribution >= 0.6 is 22.9 Å². The molecular weight excluding hydrogens is 494 g/mol. The lowest BCUT2D eigenvalue weighted by Gasteiger charge is -2.44. The minimum Gasteiger partial charge on any atom is -0.338 e. The van der Waals surface area contributed by atoms with Crippen molar-refractivity contribution in [2.45, 2.75) is 31.3 Å². The fourth-order valence-electron chi connectivity index (χ4n) is 5.31. The van der Waals surface area contributed by atoms with Crippen LogP contribution in [0.2, 0.25) is 5.02 Å². The van der Waals surface area contributed by atoms with E-state index in [1.54, 1.807) is 31.5 Å². The van der Waals surface area contributed by atoms with Crippen LogP contribution in [0.1, 0.15) is 35.0 Å². The molecule has 2 saturated heterocycles. The van der Waals surface area contributed by atoms with E-state index < -0.39 is 5.54 Å². The predicted octanol–water partition coefficient (Wildman–Crippen LogP) is 3.83. The molecule has 0 saturated carbocycles. The minimum absolute atomic E-state index is 0.0887. The number of benzene rings is 1. The molecule has 1 N–H and O–H groups in total. The van der Waals surface area contributed by atoms with E-state index in [2.05, 4.69) is 27.1 Å². The molecule has 4 heterocycles. The van der Waals surface area contributed by atoms with Crippen molar-refractivity contribution in [2.75, 3.05) is 46.3 Å². The lowest BCUT2D eigenvalue weighted by atomic mass is 9.90. The van der Waals surface area contributed by atoms with Crippen LogP contribution in [-0.2, 0) is 10.3 Å². The number of hydrogen-bond acceptors (Lipinski definition) is 6. The first-order valence-electron chi connectivity index (χ1n) is 12.5. The van der Waals surface area contributed by atoms with Crippen molar-refractivity contribution in [3.63, 3.8) is 0 Å². The van der Waals surface area contributed by atoms with Gasteiger partial charge in [0, 0.05) is 54.3 Å². The summed E-state index contributed by atoms with van der Waals surface area (Å²) in [6.45, 7) is 7.08. The van der Waals surface area contributed by atoms with E-state index in [-0.39, 0.29) is 11.8 Å². The Morgan fingerprint density at radius 2 is 1.72 bits per heavy atom. The van der Waals surface area contributed by atoms with Gasteiger partial charge in [0.15, 0.2) is 0 Å². The summed E-state index contributed by atoms with van der Waals surface area (Å²) in [4.78, 5) is 38.9. The lowest BCUT2D eigenvalue weighted by molar-refractivity contribution is -0.140. The fourth-order valence-corrected chi connectivity index (χ4v) is 6.54. The largest absolute Gasteiger partial charge is 0.338 e. The second kappa shape index (κ2) is 10.5. The van der Waals surface area contributed by atoms with Gasteiger partial charge in [-0.1, -0.05) is 17.7 Å². The molecule has 36 heavy (non-hydrogen) atoms. The zero-order valence-corrected chi connectivity index (χ0v) is 22.3. The third-order valence-electron chi connectivity index (χ3n) is 7.56. The molecule has 0 radical (unpaired) electrons. The molecule has 2 aliphatic heterocycles. The van der Waals surface area contributed by atoms with Crippen molar-refractivity contribution in [2.24, 2.45) is 0 Å². The number of fused-ring (bicyclic) bond motifs is 1. The number of nitrogens with one attached hydrogen (secondary N) is 1. The molecule has 2 fully saturated rings. The van der Waals surface area contributed by atoms with E-state index in [9.17, 15) is 9.59 Å². The summed E-state index contributed by atoms with van der Waals surface area (Å²) in [6, 6.07) is 11.6. The Bertz CT molecular complexity index is 1240. The number of carbonyl (C=O) groups is 2. The summed E-state index contributed by atoms with van der Waals surface area (Å²) < 4.78 is 0.939. The third-order valence-corrected chi connectivity index (χ3v) is 8.89. The number of amides is 2. The van der Waals surface area contributed by atoms with Crippen LogP contribution < -0.4 is 5.32 Å². The molecule has 0 unspecified atom stereocenters. The van der Waals surface area contributed by atoms with E-state index in [1.807, 2.05) is 29.2 Å². The highest BCUT2D eigenvalue weighted by Crippen LogP contribution is 2.30. The van der Waals surface area contributed by atoms with Crippen LogP contribution in [0.15, 0.2) is 48.8 Å². The second-order valence-electron chi connectivity index (χ2n) is 9.97. The zero-order valence-electron chi connectivity index (χ0n) is 20.7. The van der Waals surface area contributed by atoms with Gasteiger partial charge < -0.3 is 15.1 Å². The molecular formula is C27H32ClN5O2S. The molecule has 2 aromatic heterocycles. The number of hydrogen-bond donors (Lipinski definition) is 1. The van der Waals surface area contributed by atoms with Crippen molar-refractivity contribution in [1.29, 1.82) is 0 Å². The van der Waals surface area contributed by atoms with Crippen LogP contribution in [0.4, 0.5) is 0 Å². The SMILES string of the molecule is CN1CCC(N2CCN(C(=O)[C@@](C)(NC(=O)c3cc4ccc(Cl)cc4s3)c3ccncc3)CC2)CC1. The maximum Gasteiger partial charge on any atom is 0.262 e. The highest BCUT2D eigenvalue weighted by atomic mass is 35.5. The molecule has 2 aliphatic rings. The van der Waals surface area contributed by atoms with Gasteiger partial charge in [-0.15, -0.1) is 11.3 Å². The van der Waals surface area contributed by atoms with Crippen LogP contribution in [-0.4, -0.2) is 83.9 Å².